The van der Waals surface area contributed by atoms with E-state index in [2.05, 4.69) is 25.7 Å². The third-order valence-electron chi connectivity index (χ3n) is 5.44. The molecule has 176 valence electrons. The molecule has 2 aromatic carbocycles. The van der Waals surface area contributed by atoms with Crippen molar-refractivity contribution < 1.29 is 19.0 Å². The molecular formula is C26H38N2O4. The third kappa shape index (κ3) is 8.42. The fraction of sp³-hybridized carbons (Fsp3) is 0.500. The monoisotopic (exact) mass is 442 g/mol. The average Bonchev–Trinajstić information content (AvgIpc) is 2.83. The number of ether oxygens (including phenoxy) is 3. The van der Waals surface area contributed by atoms with Crippen LogP contribution in [0.25, 0.3) is 0 Å². The summed E-state index contributed by atoms with van der Waals surface area (Å²) < 4.78 is 17.0. The first-order valence-electron chi connectivity index (χ1n) is 11.6. The molecule has 0 bridgehead atoms. The van der Waals surface area contributed by atoms with Gasteiger partial charge >= 0.3 is 0 Å². The van der Waals surface area contributed by atoms with Crippen LogP contribution in [0.5, 0.6) is 17.2 Å². The number of hydrogen-bond acceptors (Lipinski definition) is 5. The van der Waals surface area contributed by atoms with Crippen LogP contribution < -0.4 is 14.2 Å². The average molecular weight is 443 g/mol. The van der Waals surface area contributed by atoms with Crippen molar-refractivity contribution in [2.45, 2.75) is 40.2 Å². The van der Waals surface area contributed by atoms with Crippen molar-refractivity contribution in [1.82, 2.24) is 9.80 Å². The minimum atomic E-state index is -0.0497. The Balaban J connectivity index is 2.00. The van der Waals surface area contributed by atoms with Gasteiger partial charge in [0, 0.05) is 25.2 Å². The first-order valence-corrected chi connectivity index (χ1v) is 11.6. The number of methoxy groups -OCH3 is 1. The summed E-state index contributed by atoms with van der Waals surface area (Å²) in [7, 11) is 1.65. The van der Waals surface area contributed by atoms with Crippen molar-refractivity contribution in [1.29, 1.82) is 0 Å². The van der Waals surface area contributed by atoms with Crippen molar-refractivity contribution in [2.24, 2.45) is 0 Å². The maximum Gasteiger partial charge on any atom is 0.260 e. The number of nitrogens with zero attached hydrogens (tertiary/aromatic N) is 2. The van der Waals surface area contributed by atoms with Crippen LogP contribution in [0.1, 0.15) is 39.2 Å². The molecule has 0 heterocycles. The molecule has 2 rings (SSSR count). The van der Waals surface area contributed by atoms with Crippen molar-refractivity contribution in [3.63, 3.8) is 0 Å². The quantitative estimate of drug-likeness (QED) is 0.377. The summed E-state index contributed by atoms with van der Waals surface area (Å²) in [5.74, 6) is 2.20. The lowest BCUT2D eigenvalue weighted by molar-refractivity contribution is -0.134. The maximum absolute atomic E-state index is 13.1. The topological polar surface area (TPSA) is 51.2 Å². The number of unbranched alkanes of at least 4 members (excludes halogenated alkanes) is 1. The number of hydrogen-bond donors (Lipinski definition) is 0. The third-order valence-corrected chi connectivity index (χ3v) is 5.44. The molecule has 0 aliphatic heterocycles. The summed E-state index contributed by atoms with van der Waals surface area (Å²) >= 11 is 0. The van der Waals surface area contributed by atoms with Gasteiger partial charge in [-0.15, -0.1) is 0 Å². The highest BCUT2D eigenvalue weighted by atomic mass is 16.5. The van der Waals surface area contributed by atoms with Gasteiger partial charge in [-0.05, 0) is 49.8 Å². The Bertz CT molecular complexity index is 791. The number of likely N-dealkylation sites (N-methyl/N-ethyl adjacent to an activating group) is 1. The van der Waals surface area contributed by atoms with Crippen LogP contribution in [0.4, 0.5) is 0 Å². The molecule has 32 heavy (non-hydrogen) atoms. The smallest absolute Gasteiger partial charge is 0.260 e. The predicted octanol–water partition coefficient (Wildman–Crippen LogP) is 4.62. The molecule has 0 spiro atoms. The predicted molar refractivity (Wildman–Crippen MR) is 129 cm³/mol. The Kier molecular flexibility index (Phi) is 11.5. The molecule has 6 heteroatoms. The lowest BCUT2D eigenvalue weighted by Gasteiger charge is -2.27. The second-order valence-corrected chi connectivity index (χ2v) is 7.62. The van der Waals surface area contributed by atoms with E-state index in [0.717, 1.165) is 49.5 Å². The van der Waals surface area contributed by atoms with E-state index in [1.54, 1.807) is 7.11 Å². The van der Waals surface area contributed by atoms with Crippen LogP contribution in [0.2, 0.25) is 0 Å². The minimum Gasteiger partial charge on any atom is -0.496 e. The highest BCUT2D eigenvalue weighted by Gasteiger charge is 2.17. The summed E-state index contributed by atoms with van der Waals surface area (Å²) in [4.78, 5) is 17.2. The van der Waals surface area contributed by atoms with E-state index in [1.165, 1.54) is 0 Å². The Labute approximate surface area is 193 Å². The van der Waals surface area contributed by atoms with Crippen LogP contribution in [0.3, 0.4) is 0 Å². The second-order valence-electron chi connectivity index (χ2n) is 7.62. The SMILES string of the molecule is CCCCOc1ccc(OCC(=O)N(CCN(CC)CC)Cc2ccccc2OC)cc1. The van der Waals surface area contributed by atoms with Gasteiger partial charge in [-0.1, -0.05) is 45.4 Å². The molecule has 2 aromatic rings. The molecular weight excluding hydrogens is 404 g/mol. The van der Waals surface area contributed by atoms with E-state index < -0.39 is 0 Å². The zero-order valence-corrected chi connectivity index (χ0v) is 20.0. The van der Waals surface area contributed by atoms with Gasteiger partial charge in [-0.25, -0.2) is 0 Å². The molecule has 0 N–H and O–H groups in total. The Morgan fingerprint density at radius 3 is 2.16 bits per heavy atom. The normalized spacial score (nSPS) is 10.8. The van der Waals surface area contributed by atoms with Crippen LogP contribution in [-0.4, -0.2) is 62.2 Å². The van der Waals surface area contributed by atoms with Gasteiger partial charge in [0.25, 0.3) is 5.91 Å². The van der Waals surface area contributed by atoms with Crippen LogP contribution in [0.15, 0.2) is 48.5 Å². The largest absolute Gasteiger partial charge is 0.496 e. The van der Waals surface area contributed by atoms with Crippen molar-refractivity contribution in [3.8, 4) is 17.2 Å². The molecule has 0 unspecified atom stereocenters. The van der Waals surface area contributed by atoms with Crippen LogP contribution in [-0.2, 0) is 11.3 Å². The van der Waals surface area contributed by atoms with Crippen molar-refractivity contribution >= 4 is 5.91 Å². The van der Waals surface area contributed by atoms with Gasteiger partial charge in [0.1, 0.15) is 17.2 Å². The second kappa shape index (κ2) is 14.4. The Morgan fingerprint density at radius 1 is 0.875 bits per heavy atom. The van der Waals surface area contributed by atoms with E-state index in [9.17, 15) is 4.79 Å². The van der Waals surface area contributed by atoms with Gasteiger partial charge < -0.3 is 24.0 Å². The highest BCUT2D eigenvalue weighted by molar-refractivity contribution is 5.78. The molecule has 6 nitrogen and oxygen atoms in total. The molecule has 0 aliphatic carbocycles. The molecule has 0 aliphatic rings. The molecule has 0 radical (unpaired) electrons. The van der Waals surface area contributed by atoms with Gasteiger partial charge in [-0.3, -0.25) is 4.79 Å². The molecule has 0 aromatic heterocycles. The lowest BCUT2D eigenvalue weighted by atomic mass is 10.2. The highest BCUT2D eigenvalue weighted by Crippen LogP contribution is 2.20. The maximum atomic E-state index is 13.1. The van der Waals surface area contributed by atoms with Gasteiger partial charge in [-0.2, -0.15) is 0 Å². The van der Waals surface area contributed by atoms with E-state index in [0.29, 0.717) is 25.4 Å². The van der Waals surface area contributed by atoms with E-state index in [-0.39, 0.29) is 12.5 Å². The number of rotatable bonds is 15. The van der Waals surface area contributed by atoms with Gasteiger partial charge in [0.15, 0.2) is 6.61 Å². The molecule has 0 atom stereocenters. The van der Waals surface area contributed by atoms with E-state index in [1.807, 2.05) is 53.4 Å². The zero-order chi connectivity index (χ0) is 23.2. The lowest BCUT2D eigenvalue weighted by Crippen LogP contribution is -2.40. The van der Waals surface area contributed by atoms with Gasteiger partial charge in [0.05, 0.1) is 13.7 Å². The minimum absolute atomic E-state index is 0.0105. The fourth-order valence-corrected chi connectivity index (χ4v) is 3.34. The van der Waals surface area contributed by atoms with Crippen molar-refractivity contribution in [3.05, 3.63) is 54.1 Å². The zero-order valence-electron chi connectivity index (χ0n) is 20.0. The summed E-state index contributed by atoms with van der Waals surface area (Å²) in [5, 5.41) is 0. The first kappa shape index (κ1) is 25.5. The molecule has 0 fully saturated rings. The first-order chi connectivity index (χ1) is 15.6. The standard InChI is InChI=1S/C26H38N2O4/c1-5-8-19-31-23-13-15-24(16-14-23)32-21-26(29)28(18-17-27(6-2)7-3)20-22-11-9-10-12-25(22)30-4/h9-16H,5-8,17-21H2,1-4H3. The van der Waals surface area contributed by atoms with E-state index >= 15 is 0 Å². The Hall–Kier alpha value is -2.73. The molecule has 0 saturated heterocycles. The summed E-state index contributed by atoms with van der Waals surface area (Å²) in [6, 6.07) is 15.3. The van der Waals surface area contributed by atoms with Crippen LogP contribution >= 0.6 is 0 Å². The number of amides is 1. The number of carbonyl (C=O) groups excluding carboxylic acids is 1. The number of para-hydroxylation sites is 1. The summed E-state index contributed by atoms with van der Waals surface area (Å²) in [6.45, 7) is 10.9. The number of carbonyl (C=O) groups is 1. The molecule has 0 saturated carbocycles. The summed E-state index contributed by atoms with van der Waals surface area (Å²) in [5.41, 5.74) is 0.983. The Morgan fingerprint density at radius 2 is 1.53 bits per heavy atom. The number of benzene rings is 2. The fourth-order valence-electron chi connectivity index (χ4n) is 3.34. The van der Waals surface area contributed by atoms with Gasteiger partial charge in [0.2, 0.25) is 0 Å². The van der Waals surface area contributed by atoms with Crippen LogP contribution in [0, 0.1) is 0 Å². The van der Waals surface area contributed by atoms with E-state index in [4.69, 9.17) is 14.2 Å². The summed E-state index contributed by atoms with van der Waals surface area (Å²) in [6.07, 6.45) is 2.13. The molecule has 1 amide bonds. The van der Waals surface area contributed by atoms with Crippen molar-refractivity contribution in [2.75, 3.05) is 46.5 Å².